The maximum absolute atomic E-state index is 5.71. The second kappa shape index (κ2) is 5.72. The van der Waals surface area contributed by atoms with Crippen LogP contribution in [0.25, 0.3) is 0 Å². The van der Waals surface area contributed by atoms with E-state index >= 15 is 0 Å². The van der Waals surface area contributed by atoms with Crippen molar-refractivity contribution < 1.29 is 9.47 Å². The molecule has 0 saturated carbocycles. The molecule has 0 bridgehead atoms. The van der Waals surface area contributed by atoms with Crippen molar-refractivity contribution in [3.05, 3.63) is 29.3 Å². The lowest BCUT2D eigenvalue weighted by Gasteiger charge is -2.22. The van der Waals surface area contributed by atoms with E-state index in [2.05, 4.69) is 23.5 Å². The zero-order valence-corrected chi connectivity index (χ0v) is 10.8. The van der Waals surface area contributed by atoms with Crippen LogP contribution in [0, 0.1) is 0 Å². The van der Waals surface area contributed by atoms with Gasteiger partial charge in [0.1, 0.15) is 5.75 Å². The quantitative estimate of drug-likeness (QED) is 0.885. The third-order valence-electron chi connectivity index (χ3n) is 3.73. The van der Waals surface area contributed by atoms with Gasteiger partial charge in [0, 0.05) is 26.1 Å². The van der Waals surface area contributed by atoms with Crippen molar-refractivity contribution in [1.29, 1.82) is 0 Å². The average molecular weight is 247 g/mol. The lowest BCUT2D eigenvalue weighted by molar-refractivity contribution is 0.0168. The normalized spacial score (nSPS) is 22.6. The first-order chi connectivity index (χ1) is 8.92. The zero-order valence-electron chi connectivity index (χ0n) is 10.8. The molecule has 2 aliphatic rings. The molecule has 0 spiro atoms. The van der Waals surface area contributed by atoms with E-state index in [9.17, 15) is 0 Å². The van der Waals surface area contributed by atoms with Gasteiger partial charge in [-0.1, -0.05) is 12.1 Å². The van der Waals surface area contributed by atoms with Gasteiger partial charge in [-0.25, -0.2) is 0 Å². The van der Waals surface area contributed by atoms with Crippen molar-refractivity contribution in [1.82, 2.24) is 5.32 Å². The van der Waals surface area contributed by atoms with Gasteiger partial charge in [0.25, 0.3) is 0 Å². The molecule has 2 heterocycles. The third-order valence-corrected chi connectivity index (χ3v) is 3.73. The lowest BCUT2D eigenvalue weighted by Crippen LogP contribution is -2.31. The van der Waals surface area contributed by atoms with Crippen molar-refractivity contribution in [2.45, 2.75) is 38.3 Å². The summed E-state index contributed by atoms with van der Waals surface area (Å²) in [6.45, 7) is 3.66. The molecule has 1 atom stereocenters. The molecule has 1 aromatic rings. The Bertz CT molecular complexity index is 399. The van der Waals surface area contributed by atoms with Crippen LogP contribution in [0.15, 0.2) is 18.2 Å². The minimum atomic E-state index is 0.413. The summed E-state index contributed by atoms with van der Waals surface area (Å²) in [5, 5.41) is 3.50. The molecule has 1 unspecified atom stereocenters. The van der Waals surface area contributed by atoms with E-state index in [-0.39, 0.29) is 0 Å². The Balaban J connectivity index is 1.48. The van der Waals surface area contributed by atoms with Crippen LogP contribution in [-0.4, -0.2) is 25.9 Å². The highest BCUT2D eigenvalue weighted by Crippen LogP contribution is 2.25. The molecule has 3 nitrogen and oxygen atoms in total. The minimum Gasteiger partial charge on any atom is -0.493 e. The van der Waals surface area contributed by atoms with E-state index in [1.807, 2.05) is 0 Å². The number of hydrogen-bond acceptors (Lipinski definition) is 3. The van der Waals surface area contributed by atoms with Gasteiger partial charge in [0.05, 0.1) is 12.7 Å². The maximum Gasteiger partial charge on any atom is 0.122 e. The number of hydrogen-bond donors (Lipinski definition) is 1. The molecule has 0 radical (unpaired) electrons. The molecule has 98 valence electrons. The van der Waals surface area contributed by atoms with Crippen LogP contribution in [0.5, 0.6) is 5.75 Å². The molecule has 0 aliphatic carbocycles. The highest BCUT2D eigenvalue weighted by atomic mass is 16.5. The SMILES string of the molecule is c1cc2c(cc1CNCC1CCCCO1)CCO2. The molecular formula is C15H21NO2. The van der Waals surface area contributed by atoms with Crippen LogP contribution in [-0.2, 0) is 17.7 Å². The standard InChI is InChI=1S/C15H21NO2/c1-2-7-17-14(3-1)11-16-10-12-4-5-15-13(9-12)6-8-18-15/h4-5,9,14,16H,1-3,6-8,10-11H2. The summed E-state index contributed by atoms with van der Waals surface area (Å²) in [4.78, 5) is 0. The van der Waals surface area contributed by atoms with E-state index in [4.69, 9.17) is 9.47 Å². The lowest BCUT2D eigenvalue weighted by atomic mass is 10.1. The Labute approximate surface area is 108 Å². The smallest absolute Gasteiger partial charge is 0.122 e. The predicted octanol–water partition coefficient (Wildman–Crippen LogP) is 2.28. The summed E-state index contributed by atoms with van der Waals surface area (Å²) in [6, 6.07) is 6.51. The Morgan fingerprint density at radius 1 is 1.22 bits per heavy atom. The summed E-state index contributed by atoms with van der Waals surface area (Å²) in [5.41, 5.74) is 2.69. The van der Waals surface area contributed by atoms with Crippen molar-refractivity contribution in [2.75, 3.05) is 19.8 Å². The molecule has 2 aliphatic heterocycles. The monoisotopic (exact) mass is 247 g/mol. The highest BCUT2D eigenvalue weighted by molar-refractivity contribution is 5.39. The van der Waals surface area contributed by atoms with Gasteiger partial charge in [-0.3, -0.25) is 0 Å². The molecule has 1 aromatic carbocycles. The molecule has 3 rings (SSSR count). The van der Waals surface area contributed by atoms with Crippen molar-refractivity contribution in [3.8, 4) is 5.75 Å². The van der Waals surface area contributed by atoms with Crippen LogP contribution in [0.4, 0.5) is 0 Å². The largest absolute Gasteiger partial charge is 0.493 e. The number of nitrogens with one attached hydrogen (secondary N) is 1. The first-order valence-corrected chi connectivity index (χ1v) is 6.99. The second-order valence-corrected chi connectivity index (χ2v) is 5.16. The van der Waals surface area contributed by atoms with Crippen LogP contribution in [0.1, 0.15) is 30.4 Å². The maximum atomic E-state index is 5.71. The van der Waals surface area contributed by atoms with Gasteiger partial charge in [-0.15, -0.1) is 0 Å². The fourth-order valence-corrected chi connectivity index (χ4v) is 2.70. The second-order valence-electron chi connectivity index (χ2n) is 5.16. The van der Waals surface area contributed by atoms with E-state index in [1.54, 1.807) is 0 Å². The predicted molar refractivity (Wildman–Crippen MR) is 70.9 cm³/mol. The van der Waals surface area contributed by atoms with E-state index in [0.717, 1.165) is 38.5 Å². The van der Waals surface area contributed by atoms with E-state index in [1.165, 1.54) is 30.4 Å². The van der Waals surface area contributed by atoms with Crippen molar-refractivity contribution >= 4 is 0 Å². The van der Waals surface area contributed by atoms with E-state index in [0.29, 0.717) is 6.10 Å². The molecule has 1 N–H and O–H groups in total. The molecule has 1 fully saturated rings. The van der Waals surface area contributed by atoms with Crippen molar-refractivity contribution in [3.63, 3.8) is 0 Å². The van der Waals surface area contributed by atoms with E-state index < -0.39 is 0 Å². The summed E-state index contributed by atoms with van der Waals surface area (Å²) >= 11 is 0. The molecule has 18 heavy (non-hydrogen) atoms. The molecule has 0 aromatic heterocycles. The van der Waals surface area contributed by atoms with Gasteiger partial charge in [0.15, 0.2) is 0 Å². The van der Waals surface area contributed by atoms with Crippen LogP contribution in [0.3, 0.4) is 0 Å². The Hall–Kier alpha value is -1.06. The van der Waals surface area contributed by atoms with Crippen molar-refractivity contribution in [2.24, 2.45) is 0 Å². The van der Waals surface area contributed by atoms with Gasteiger partial charge < -0.3 is 14.8 Å². The first-order valence-electron chi connectivity index (χ1n) is 6.99. The summed E-state index contributed by atoms with van der Waals surface area (Å²) in [7, 11) is 0. The topological polar surface area (TPSA) is 30.5 Å². The fraction of sp³-hybridized carbons (Fsp3) is 0.600. The summed E-state index contributed by atoms with van der Waals surface area (Å²) in [6.07, 6.45) is 5.19. The Kier molecular flexibility index (Phi) is 3.81. The van der Waals surface area contributed by atoms with Gasteiger partial charge in [-0.2, -0.15) is 0 Å². The summed E-state index contributed by atoms with van der Waals surface area (Å²) < 4.78 is 11.2. The highest BCUT2D eigenvalue weighted by Gasteiger charge is 2.14. The molecule has 3 heteroatoms. The van der Waals surface area contributed by atoms with Crippen LogP contribution >= 0.6 is 0 Å². The minimum absolute atomic E-state index is 0.413. The molecule has 1 saturated heterocycles. The van der Waals surface area contributed by atoms with Crippen LogP contribution in [0.2, 0.25) is 0 Å². The zero-order chi connectivity index (χ0) is 12.2. The summed E-state index contributed by atoms with van der Waals surface area (Å²) in [5.74, 6) is 1.06. The fourth-order valence-electron chi connectivity index (χ4n) is 2.70. The number of fused-ring (bicyclic) bond motifs is 1. The molecule has 0 amide bonds. The number of rotatable bonds is 4. The number of benzene rings is 1. The van der Waals surface area contributed by atoms with Crippen LogP contribution < -0.4 is 10.1 Å². The third kappa shape index (κ3) is 2.85. The Morgan fingerprint density at radius 3 is 3.11 bits per heavy atom. The average Bonchev–Trinajstić information content (AvgIpc) is 2.87. The molecular weight excluding hydrogens is 226 g/mol. The Morgan fingerprint density at radius 2 is 2.22 bits per heavy atom. The van der Waals surface area contributed by atoms with Gasteiger partial charge in [0.2, 0.25) is 0 Å². The van der Waals surface area contributed by atoms with Gasteiger partial charge in [-0.05, 0) is 36.5 Å². The number of ether oxygens (including phenoxy) is 2. The first kappa shape index (κ1) is 12.0. The van der Waals surface area contributed by atoms with Gasteiger partial charge >= 0.3 is 0 Å².